The van der Waals surface area contributed by atoms with Gasteiger partial charge in [0.2, 0.25) is 35.4 Å². The van der Waals surface area contributed by atoms with Crippen LogP contribution in [0.1, 0.15) is 141 Å². The number of aliphatic hydroxyl groups is 2. The molecule has 28 nitrogen and oxygen atoms in total. The number of carboxylic acids is 1. The molecule has 98 heavy (non-hydrogen) atoms. The van der Waals surface area contributed by atoms with Crippen LogP contribution in [0.25, 0.3) is 0 Å². The van der Waals surface area contributed by atoms with E-state index in [1.807, 2.05) is 0 Å². The number of amides is 8. The topological polar surface area (TPSA) is 381 Å². The van der Waals surface area contributed by atoms with Crippen LogP contribution in [0.2, 0.25) is 0 Å². The van der Waals surface area contributed by atoms with E-state index in [1.54, 1.807) is 37.4 Å². The van der Waals surface area contributed by atoms with Gasteiger partial charge in [-0.25, -0.2) is 0 Å². The van der Waals surface area contributed by atoms with Gasteiger partial charge in [-0.3, -0.25) is 52.8 Å². The van der Waals surface area contributed by atoms with Crippen molar-refractivity contribution in [1.29, 1.82) is 0 Å². The first-order valence-electron chi connectivity index (χ1n) is 34.9. The first kappa shape index (κ1) is 73.8. The van der Waals surface area contributed by atoms with Gasteiger partial charge in [0.15, 0.2) is 5.79 Å². The van der Waals surface area contributed by atoms with Gasteiger partial charge in [0.05, 0.1) is 99.0 Å². The molecule has 1 aromatic rings. The average Bonchev–Trinajstić information content (AvgIpc) is 1.55. The van der Waals surface area contributed by atoms with Crippen molar-refractivity contribution in [3.05, 3.63) is 72.4 Å². The minimum atomic E-state index is -1.31. The molecule has 4 unspecified atom stereocenters. The zero-order chi connectivity index (χ0) is 69.8. The Hall–Kier alpha value is -6.86. The van der Waals surface area contributed by atoms with Gasteiger partial charge < -0.3 is 85.1 Å². The van der Waals surface area contributed by atoms with Crippen molar-refractivity contribution < 1.29 is 101 Å². The summed E-state index contributed by atoms with van der Waals surface area (Å²) in [5, 5.41) is 47.2. The van der Waals surface area contributed by atoms with Crippen LogP contribution >= 0.6 is 0 Å². The number of aliphatic carboxylic acids is 1. The van der Waals surface area contributed by atoms with Gasteiger partial charge >= 0.3 is 5.97 Å². The predicted molar refractivity (Wildman–Crippen MR) is 346 cm³/mol. The van der Waals surface area contributed by atoms with Crippen molar-refractivity contribution in [3.63, 3.8) is 0 Å². The summed E-state index contributed by atoms with van der Waals surface area (Å²) in [6, 6.07) is 6.16. The molecule has 9 N–H and O–H groups in total. The molecule has 28 heteroatoms. The van der Waals surface area contributed by atoms with E-state index in [-0.39, 0.29) is 87.7 Å². The Morgan fingerprint density at radius 3 is 2.10 bits per heavy atom. The lowest BCUT2D eigenvalue weighted by atomic mass is 9.80. The number of unbranched alkanes of at least 4 members (excludes halogenated alkanes) is 2. The number of ether oxygens (including phenoxy) is 8. The minimum Gasteiger partial charge on any atom is -0.481 e. The summed E-state index contributed by atoms with van der Waals surface area (Å²) in [6.07, 6.45) is 2.50. The lowest BCUT2D eigenvalue weighted by Crippen LogP contribution is -2.62. The van der Waals surface area contributed by atoms with Crippen molar-refractivity contribution in [2.24, 2.45) is 11.8 Å². The fourth-order valence-corrected chi connectivity index (χ4v) is 15.4. The number of hydrogen-bond acceptors (Lipinski definition) is 20. The molecule has 0 aromatic heterocycles. The number of carboxylic acid groups (broad SMARTS) is 1. The number of ketones is 1. The zero-order valence-electron chi connectivity index (χ0n) is 55.9. The normalized spacial score (nSPS) is 33.1. The Kier molecular flexibility index (Phi) is 25.6. The molecule has 9 aliphatic heterocycles. The third-order valence-electron chi connectivity index (χ3n) is 20.6. The van der Waals surface area contributed by atoms with E-state index in [4.69, 9.17) is 37.9 Å². The molecule has 0 radical (unpaired) electrons. The minimum absolute atomic E-state index is 0.00312. The molecule has 8 amide bonds. The third-order valence-corrected chi connectivity index (χ3v) is 20.6. The smallest absolute Gasteiger partial charge is 0.303 e. The lowest BCUT2D eigenvalue weighted by molar-refractivity contribution is -0.290. The number of imide groups is 1. The van der Waals surface area contributed by atoms with Crippen LogP contribution in [0.15, 0.2) is 66.8 Å². The first-order valence-corrected chi connectivity index (χ1v) is 34.9. The van der Waals surface area contributed by atoms with Gasteiger partial charge in [0.1, 0.15) is 30.1 Å². The molecule has 538 valence electrons. The maximum Gasteiger partial charge on any atom is 0.303 e. The number of hydrogen-bond donors (Lipinski definition) is 9. The number of fused-ring (bicyclic) bond motifs is 9. The van der Waals surface area contributed by atoms with E-state index in [0.717, 1.165) is 35.3 Å². The predicted octanol–water partition coefficient (Wildman–Crippen LogP) is 1.49. The molecule has 8 fully saturated rings. The Balaban J connectivity index is 0.708. The Bertz CT molecular complexity index is 3100. The summed E-state index contributed by atoms with van der Waals surface area (Å²) < 4.78 is 53.8. The maximum atomic E-state index is 14.5. The molecular formula is C70H97N7O21. The van der Waals surface area contributed by atoms with Gasteiger partial charge in [-0.2, -0.15) is 0 Å². The average molecular weight is 1370 g/mol. The molecule has 10 rings (SSSR count). The highest BCUT2D eigenvalue weighted by Crippen LogP contribution is 2.51. The summed E-state index contributed by atoms with van der Waals surface area (Å²) >= 11 is 0. The van der Waals surface area contributed by atoms with E-state index < -0.39 is 170 Å². The molecule has 8 saturated heterocycles. The SMILES string of the molecule is C=C1C[C@@H]2CC[C@]34CC(O)[C@H](O3)C3O[C@H]5CC[C@H](CC(=O)C[C@@H]6[C@@H](OC)[C@@H](C[C@H](O)CNC(=O)CNC(=O)[C@H](Cc7ccccc7)NC(=O)CNC(=O)CNC(=O)C(CCC(=O)O)NC(=O)CCCCCN7C(=O)C=CC7=O)O[C@H]6C[C@H]6O[C@H](CCC6=C)CC[C@@H]1O2)O[C@@H]5[C@H](O4)C3C. The molecule has 1 spiro atoms. The molecule has 9 aliphatic rings. The Labute approximate surface area is 570 Å². The third kappa shape index (κ3) is 19.4. The van der Waals surface area contributed by atoms with Crippen molar-refractivity contribution in [2.45, 2.75) is 251 Å². The van der Waals surface area contributed by atoms with Gasteiger partial charge in [-0.1, -0.05) is 56.8 Å². The molecule has 9 heterocycles. The second-order valence-corrected chi connectivity index (χ2v) is 27.8. The van der Waals surface area contributed by atoms with Gasteiger partial charge in [-0.15, -0.1) is 0 Å². The highest BCUT2D eigenvalue weighted by molar-refractivity contribution is 6.12. The number of methoxy groups -OCH3 is 1. The van der Waals surface area contributed by atoms with Crippen molar-refractivity contribution in [1.82, 2.24) is 36.8 Å². The Morgan fingerprint density at radius 2 is 1.36 bits per heavy atom. The second kappa shape index (κ2) is 34.0. The summed E-state index contributed by atoms with van der Waals surface area (Å²) in [4.78, 5) is 130. The molecule has 20 atom stereocenters. The van der Waals surface area contributed by atoms with Gasteiger partial charge in [-0.05, 0) is 87.3 Å². The monoisotopic (exact) mass is 1370 g/mol. The van der Waals surface area contributed by atoms with E-state index in [2.05, 4.69) is 52.0 Å². The van der Waals surface area contributed by atoms with E-state index in [0.29, 0.717) is 76.2 Å². The number of benzene rings is 1. The number of rotatable bonds is 26. The van der Waals surface area contributed by atoms with E-state index in [1.165, 1.54) is 12.2 Å². The number of aliphatic hydroxyl groups excluding tert-OH is 2. The van der Waals surface area contributed by atoms with Crippen LogP contribution in [0.4, 0.5) is 0 Å². The second-order valence-electron chi connectivity index (χ2n) is 27.8. The summed E-state index contributed by atoms with van der Waals surface area (Å²) in [5.41, 5.74) is 2.60. The summed E-state index contributed by atoms with van der Waals surface area (Å²) in [6.45, 7) is 8.97. The molecule has 1 aromatic carbocycles. The lowest BCUT2D eigenvalue weighted by Gasteiger charge is -2.50. The maximum absolute atomic E-state index is 14.5. The number of nitrogens with one attached hydrogen (secondary N) is 6. The Morgan fingerprint density at radius 1 is 0.673 bits per heavy atom. The molecular weight excluding hydrogens is 1270 g/mol. The van der Waals surface area contributed by atoms with Crippen LogP contribution in [0.5, 0.6) is 0 Å². The molecule has 0 aliphatic carbocycles. The number of carbonyl (C=O) groups is 10. The quantitative estimate of drug-likeness (QED) is 0.0360. The van der Waals surface area contributed by atoms with Crippen LogP contribution < -0.4 is 31.9 Å². The van der Waals surface area contributed by atoms with E-state index in [9.17, 15) is 63.3 Å². The van der Waals surface area contributed by atoms with Crippen molar-refractivity contribution in [3.8, 4) is 0 Å². The van der Waals surface area contributed by atoms with E-state index >= 15 is 0 Å². The number of nitrogens with zero attached hydrogens (tertiary/aromatic N) is 1. The molecule has 10 bridgehead atoms. The summed E-state index contributed by atoms with van der Waals surface area (Å²) in [5.74, 6) is -8.23. The van der Waals surface area contributed by atoms with Crippen molar-refractivity contribution >= 4 is 59.0 Å². The van der Waals surface area contributed by atoms with Crippen LogP contribution in [0, 0.1) is 11.8 Å². The van der Waals surface area contributed by atoms with Crippen LogP contribution in [-0.4, -0.2) is 228 Å². The highest BCUT2D eigenvalue weighted by atomic mass is 16.7. The first-order chi connectivity index (χ1) is 47.0. The zero-order valence-corrected chi connectivity index (χ0v) is 55.9. The summed E-state index contributed by atoms with van der Waals surface area (Å²) in [7, 11) is 1.54. The van der Waals surface area contributed by atoms with Gasteiger partial charge in [0.25, 0.3) is 11.8 Å². The number of carbonyl (C=O) groups excluding carboxylic acids is 9. The number of Topliss-reactive ketones (excluding diaryl/α,β-unsaturated/α-hetero) is 1. The largest absolute Gasteiger partial charge is 0.481 e. The fraction of sp³-hybridized carbons (Fsp3) is 0.686. The van der Waals surface area contributed by atoms with Gasteiger partial charge in [0, 0.05) is 102 Å². The highest BCUT2D eigenvalue weighted by Gasteiger charge is 2.62. The molecule has 0 saturated carbocycles. The standard InChI is InChI=1S/C70H97N7O21/c1-38-14-15-44-16-19-51-39(2)27-46(93-51)24-25-70-33-50(80)66(98-70)63-40(3)64(97-70)67-52(96-63)20-17-45(94-67)29-42(78)30-47-54(32-53(38)92-44)95-55(65(47)91-4)31-43(79)34-71-57(82)35-74-69(90)49(28-41-11-7-5-8-12-41)76-59(84)37-72-58(83)36-73-68(89)48(18-23-62(87)88)75-56(81)13-9-6-10-26-77-60(85)21-22-61(77)86/h5,7-8,11-12,21-22,40,43-55,63-67,79-80H,1-2,6,9-10,13-20,23-37H2,3-4H3,(H,71,82)(H,72,83)(H,73,89)(H,74,90)(H,75,81)(H,76,84)(H,87,88)/t40?,43-,44+,45+,46-,47-,48?,49-,50?,51-,52-,53+,54-,55+,63?,64+,65+,66-,67-,70+/m0/s1. The van der Waals surface area contributed by atoms with Crippen LogP contribution in [-0.2, 0) is 92.3 Å². The van der Waals surface area contributed by atoms with Crippen LogP contribution in [0.3, 0.4) is 0 Å². The van der Waals surface area contributed by atoms with Crippen molar-refractivity contribution in [2.75, 3.05) is 39.8 Å². The fourth-order valence-electron chi connectivity index (χ4n) is 15.4.